The maximum Gasteiger partial charge on any atom is 0.309 e. The lowest BCUT2D eigenvalue weighted by Gasteiger charge is -2.41. The van der Waals surface area contributed by atoms with Crippen molar-refractivity contribution in [2.75, 3.05) is 20.2 Å². The second kappa shape index (κ2) is 6.42. The minimum Gasteiger partial charge on any atom is -0.497 e. The van der Waals surface area contributed by atoms with Crippen LogP contribution in [0.2, 0.25) is 0 Å². The molecule has 3 rings (SSSR count). The van der Waals surface area contributed by atoms with E-state index in [-0.39, 0.29) is 12.0 Å². The van der Waals surface area contributed by atoms with Crippen LogP contribution in [0.25, 0.3) is 11.1 Å². The summed E-state index contributed by atoms with van der Waals surface area (Å²) in [7, 11) is 1.67. The van der Waals surface area contributed by atoms with E-state index in [0.29, 0.717) is 13.1 Å². The average Bonchev–Trinajstić information content (AvgIpc) is 2.53. The van der Waals surface area contributed by atoms with E-state index in [2.05, 4.69) is 42.2 Å². The largest absolute Gasteiger partial charge is 0.497 e. The molecule has 1 aliphatic rings. The van der Waals surface area contributed by atoms with Gasteiger partial charge in [-0.2, -0.15) is 0 Å². The molecule has 0 aromatic heterocycles. The molecule has 0 bridgehead atoms. The smallest absolute Gasteiger partial charge is 0.309 e. The van der Waals surface area contributed by atoms with Gasteiger partial charge in [0.05, 0.1) is 13.0 Å². The lowest BCUT2D eigenvalue weighted by atomic mass is 9.94. The van der Waals surface area contributed by atoms with Crippen molar-refractivity contribution in [1.29, 1.82) is 0 Å². The van der Waals surface area contributed by atoms with Crippen molar-refractivity contribution in [1.82, 2.24) is 4.90 Å². The number of nitrogens with zero attached hydrogens (tertiary/aromatic N) is 1. The SMILES string of the molecule is COc1cccc(-c2ccc(C(C)N3CC(C(=O)O)C3)cc2)c1. The fourth-order valence-corrected chi connectivity index (χ4v) is 2.95. The summed E-state index contributed by atoms with van der Waals surface area (Å²) in [6.07, 6.45) is 0. The third-order valence-corrected chi connectivity index (χ3v) is 4.60. The quantitative estimate of drug-likeness (QED) is 0.919. The molecule has 2 aromatic rings. The number of ether oxygens (including phenoxy) is 1. The van der Waals surface area contributed by atoms with Crippen LogP contribution in [-0.4, -0.2) is 36.2 Å². The number of hydrogen-bond donors (Lipinski definition) is 1. The monoisotopic (exact) mass is 311 g/mol. The zero-order valence-corrected chi connectivity index (χ0v) is 13.4. The Morgan fingerprint density at radius 3 is 2.48 bits per heavy atom. The molecule has 1 aliphatic heterocycles. The van der Waals surface area contributed by atoms with Crippen LogP contribution in [0.3, 0.4) is 0 Å². The van der Waals surface area contributed by atoms with Gasteiger partial charge in [0.15, 0.2) is 0 Å². The third kappa shape index (κ3) is 3.22. The molecule has 0 aliphatic carbocycles. The van der Waals surface area contributed by atoms with Gasteiger partial charge in [0.1, 0.15) is 5.75 Å². The normalized spacial score (nSPS) is 16.6. The van der Waals surface area contributed by atoms with Gasteiger partial charge in [-0.25, -0.2) is 0 Å². The number of carbonyl (C=O) groups is 1. The Balaban J connectivity index is 1.71. The van der Waals surface area contributed by atoms with Gasteiger partial charge in [-0.3, -0.25) is 9.69 Å². The Bertz CT molecular complexity index is 690. The predicted molar refractivity (Wildman–Crippen MR) is 89.5 cm³/mol. The fraction of sp³-hybridized carbons (Fsp3) is 0.316. The summed E-state index contributed by atoms with van der Waals surface area (Å²) in [4.78, 5) is 13.1. The molecule has 0 radical (unpaired) electrons. The zero-order chi connectivity index (χ0) is 16.4. The van der Waals surface area contributed by atoms with Crippen LogP contribution in [0, 0.1) is 5.92 Å². The van der Waals surface area contributed by atoms with E-state index in [1.165, 1.54) is 5.56 Å². The van der Waals surface area contributed by atoms with Gasteiger partial charge in [0.2, 0.25) is 0 Å². The van der Waals surface area contributed by atoms with Gasteiger partial charge in [-0.15, -0.1) is 0 Å². The Morgan fingerprint density at radius 1 is 1.17 bits per heavy atom. The molecule has 4 nitrogen and oxygen atoms in total. The Labute approximate surface area is 136 Å². The van der Waals surface area contributed by atoms with Crippen molar-refractivity contribution in [3.8, 4) is 16.9 Å². The van der Waals surface area contributed by atoms with Crippen LogP contribution in [0.4, 0.5) is 0 Å². The number of benzene rings is 2. The number of rotatable bonds is 5. The highest BCUT2D eigenvalue weighted by atomic mass is 16.5. The van der Waals surface area contributed by atoms with Crippen molar-refractivity contribution >= 4 is 5.97 Å². The summed E-state index contributed by atoms with van der Waals surface area (Å²) in [5.74, 6) is -0.0597. The van der Waals surface area contributed by atoms with Crippen molar-refractivity contribution in [3.05, 3.63) is 54.1 Å². The van der Waals surface area contributed by atoms with Crippen molar-refractivity contribution in [3.63, 3.8) is 0 Å². The van der Waals surface area contributed by atoms with Gasteiger partial charge in [-0.1, -0.05) is 36.4 Å². The second-order valence-electron chi connectivity index (χ2n) is 6.02. The molecule has 1 atom stereocenters. The van der Waals surface area contributed by atoms with E-state index in [0.717, 1.165) is 16.9 Å². The number of likely N-dealkylation sites (tertiary alicyclic amines) is 1. The first-order valence-electron chi connectivity index (χ1n) is 7.79. The van der Waals surface area contributed by atoms with Crippen LogP contribution in [0.1, 0.15) is 18.5 Å². The molecule has 23 heavy (non-hydrogen) atoms. The van der Waals surface area contributed by atoms with E-state index in [1.54, 1.807) is 7.11 Å². The third-order valence-electron chi connectivity index (χ3n) is 4.60. The predicted octanol–water partition coefficient (Wildman–Crippen LogP) is 3.44. The van der Waals surface area contributed by atoms with Crippen LogP contribution in [-0.2, 0) is 4.79 Å². The van der Waals surface area contributed by atoms with Crippen molar-refractivity contribution in [2.45, 2.75) is 13.0 Å². The first-order chi connectivity index (χ1) is 11.1. The molecule has 1 heterocycles. The molecule has 0 saturated carbocycles. The lowest BCUT2D eigenvalue weighted by molar-refractivity contribution is -0.148. The molecule has 2 aromatic carbocycles. The topological polar surface area (TPSA) is 49.8 Å². The number of hydrogen-bond acceptors (Lipinski definition) is 3. The van der Waals surface area contributed by atoms with Crippen LogP contribution < -0.4 is 4.74 Å². The average molecular weight is 311 g/mol. The summed E-state index contributed by atoms with van der Waals surface area (Å²) in [5, 5.41) is 8.97. The maximum atomic E-state index is 10.9. The van der Waals surface area contributed by atoms with E-state index in [9.17, 15) is 4.79 Å². The van der Waals surface area contributed by atoms with E-state index in [4.69, 9.17) is 9.84 Å². The molecule has 1 saturated heterocycles. The Morgan fingerprint density at radius 2 is 1.87 bits per heavy atom. The summed E-state index contributed by atoms with van der Waals surface area (Å²) >= 11 is 0. The minimum atomic E-state index is -0.693. The second-order valence-corrected chi connectivity index (χ2v) is 6.02. The first kappa shape index (κ1) is 15.6. The number of carboxylic acid groups (broad SMARTS) is 1. The summed E-state index contributed by atoms with van der Waals surface area (Å²) < 4.78 is 5.27. The zero-order valence-electron chi connectivity index (χ0n) is 13.4. The highest BCUT2D eigenvalue weighted by molar-refractivity contribution is 5.71. The highest BCUT2D eigenvalue weighted by Gasteiger charge is 2.35. The molecule has 4 heteroatoms. The van der Waals surface area contributed by atoms with Gasteiger partial charge < -0.3 is 9.84 Å². The Hall–Kier alpha value is -2.33. The van der Waals surface area contributed by atoms with Gasteiger partial charge in [0.25, 0.3) is 0 Å². The fourth-order valence-electron chi connectivity index (χ4n) is 2.95. The molecule has 1 N–H and O–H groups in total. The van der Waals surface area contributed by atoms with Crippen molar-refractivity contribution < 1.29 is 14.6 Å². The summed E-state index contributed by atoms with van der Waals surface area (Å²) in [6, 6.07) is 16.7. The van der Waals surface area contributed by atoms with Gasteiger partial charge in [0, 0.05) is 19.1 Å². The van der Waals surface area contributed by atoms with Gasteiger partial charge in [-0.05, 0) is 35.7 Å². The summed E-state index contributed by atoms with van der Waals surface area (Å²) in [6.45, 7) is 3.39. The molecule has 1 fully saturated rings. The van der Waals surface area contributed by atoms with Crippen LogP contribution in [0.5, 0.6) is 5.75 Å². The lowest BCUT2D eigenvalue weighted by Crippen LogP contribution is -2.51. The van der Waals surface area contributed by atoms with E-state index >= 15 is 0 Å². The molecular weight excluding hydrogens is 290 g/mol. The Kier molecular flexibility index (Phi) is 4.35. The van der Waals surface area contributed by atoms with Crippen LogP contribution in [0.15, 0.2) is 48.5 Å². The summed E-state index contributed by atoms with van der Waals surface area (Å²) in [5.41, 5.74) is 3.48. The van der Waals surface area contributed by atoms with Gasteiger partial charge >= 0.3 is 5.97 Å². The van der Waals surface area contributed by atoms with E-state index < -0.39 is 5.97 Å². The van der Waals surface area contributed by atoms with Crippen molar-refractivity contribution in [2.24, 2.45) is 5.92 Å². The molecule has 0 amide bonds. The van der Waals surface area contributed by atoms with E-state index in [1.807, 2.05) is 18.2 Å². The number of methoxy groups -OCH3 is 1. The molecular formula is C19H21NO3. The number of carboxylic acids is 1. The first-order valence-corrected chi connectivity index (χ1v) is 7.79. The highest BCUT2D eigenvalue weighted by Crippen LogP contribution is 2.30. The minimum absolute atomic E-state index is 0.214. The molecule has 120 valence electrons. The number of aliphatic carboxylic acids is 1. The molecule has 1 unspecified atom stereocenters. The van der Waals surface area contributed by atoms with Crippen LogP contribution >= 0.6 is 0 Å². The molecule has 0 spiro atoms. The maximum absolute atomic E-state index is 10.9. The standard InChI is InChI=1S/C19H21NO3/c1-13(20-11-17(12-20)19(21)22)14-6-8-15(9-7-14)16-4-3-5-18(10-16)23-2/h3-10,13,17H,11-12H2,1-2H3,(H,21,22).